The molecule has 0 bridgehead atoms. The maximum Gasteiger partial charge on any atom is 0.320 e. The van der Waals surface area contributed by atoms with Crippen LogP contribution < -0.4 is 0 Å². The van der Waals surface area contributed by atoms with Crippen molar-refractivity contribution in [1.29, 1.82) is 0 Å². The van der Waals surface area contributed by atoms with Crippen molar-refractivity contribution in [2.45, 2.75) is 109 Å². The van der Waals surface area contributed by atoms with Crippen molar-refractivity contribution in [2.75, 3.05) is 12.9 Å². The molecule has 0 saturated carbocycles. The number of Topliss-reactive ketones (excluding diaryl/α,β-unsaturated/α-hetero) is 1. The summed E-state index contributed by atoms with van der Waals surface area (Å²) in [5, 5.41) is 15.2. The van der Waals surface area contributed by atoms with Crippen LogP contribution in [0.15, 0.2) is 36.8 Å². The molecule has 2 aliphatic heterocycles. The van der Waals surface area contributed by atoms with Gasteiger partial charge in [-0.15, -0.1) is 11.8 Å². The van der Waals surface area contributed by atoms with Gasteiger partial charge in [0.15, 0.2) is 5.60 Å². The van der Waals surface area contributed by atoms with Gasteiger partial charge in [0.25, 0.3) is 0 Å². The zero-order valence-electron chi connectivity index (χ0n) is 28.5. The number of ether oxygens (including phenoxy) is 3. The summed E-state index contributed by atoms with van der Waals surface area (Å²) in [6.45, 7) is 13.6. The normalized spacial score (nSPS) is 36.1. The lowest BCUT2D eigenvalue weighted by molar-refractivity contribution is -0.186. The molecule has 2 saturated heterocycles. The monoisotopic (exact) mass is 657 g/mol. The average molecular weight is 658 g/mol. The number of hydrogen-bond acceptors (Lipinski definition) is 10. The number of aliphatic hydroxyl groups excluding tert-OH is 1. The zero-order valence-corrected chi connectivity index (χ0v) is 29.3. The van der Waals surface area contributed by atoms with E-state index in [2.05, 4.69) is 10.1 Å². The number of hydrogen-bond donors (Lipinski definition) is 1. The van der Waals surface area contributed by atoms with E-state index in [1.165, 1.54) is 11.8 Å². The van der Waals surface area contributed by atoms with Gasteiger partial charge in [-0.2, -0.15) is 5.10 Å². The van der Waals surface area contributed by atoms with Crippen molar-refractivity contribution in [3.8, 4) is 11.3 Å². The van der Waals surface area contributed by atoms with Crippen LogP contribution in [0.3, 0.4) is 0 Å². The fourth-order valence-corrected chi connectivity index (χ4v) is 8.95. The first kappa shape index (κ1) is 36.1. The number of thioether (sulfide) groups is 1. The van der Waals surface area contributed by atoms with Crippen LogP contribution in [0.4, 0.5) is 0 Å². The molecular weight excluding hydrogens is 606 g/mol. The molecule has 10 unspecified atom stereocenters. The van der Waals surface area contributed by atoms with Crippen LogP contribution in [0, 0.1) is 29.6 Å². The van der Waals surface area contributed by atoms with Gasteiger partial charge in [0.1, 0.15) is 17.1 Å². The minimum absolute atomic E-state index is 0.0164. The Kier molecular flexibility index (Phi) is 11.8. The molecule has 11 heteroatoms. The number of rotatable bonds is 8. The summed E-state index contributed by atoms with van der Waals surface area (Å²) in [5.74, 6) is -2.82. The number of aromatic nitrogens is 3. The topological polar surface area (TPSA) is 130 Å². The van der Waals surface area contributed by atoms with Gasteiger partial charge in [-0.3, -0.25) is 24.0 Å². The van der Waals surface area contributed by atoms with Gasteiger partial charge in [0, 0.05) is 55.6 Å². The van der Waals surface area contributed by atoms with Crippen molar-refractivity contribution >= 4 is 29.5 Å². The van der Waals surface area contributed by atoms with Crippen LogP contribution in [0.1, 0.15) is 74.1 Å². The molecule has 1 N–H and O–H groups in total. The van der Waals surface area contributed by atoms with E-state index >= 15 is 0 Å². The maximum absolute atomic E-state index is 14.1. The molecule has 10 nitrogen and oxygen atoms in total. The number of aliphatic hydroxyl groups is 1. The highest BCUT2D eigenvalue weighted by Crippen LogP contribution is 2.48. The predicted molar refractivity (Wildman–Crippen MR) is 177 cm³/mol. The number of aryl methyl sites for hydroxylation is 1. The standard InChI is InChI=1S/C35H51N3O7S/c1-9-27-35(7)28(23(4)29(39)21(2)18-34(6,43-8)19-22(3)30(40)24(5)32(41)44-27)31(33(42)45-35)46-17-11-15-38-16-13-26(37-38)25-12-10-14-36-20-25/h10,12-14,16,20-24,27-28,30-31,40H,9,11,15,17-19H2,1-8H3. The lowest BCUT2D eigenvalue weighted by Crippen LogP contribution is -2.53. The van der Waals surface area contributed by atoms with Crippen LogP contribution >= 0.6 is 11.8 Å². The second-order valence-electron chi connectivity index (χ2n) is 13.7. The molecule has 0 radical (unpaired) electrons. The van der Waals surface area contributed by atoms with Gasteiger partial charge in [0.2, 0.25) is 0 Å². The van der Waals surface area contributed by atoms with Crippen molar-refractivity contribution in [1.82, 2.24) is 14.8 Å². The number of pyridine rings is 1. The molecule has 0 amide bonds. The highest BCUT2D eigenvalue weighted by molar-refractivity contribution is 8.00. The number of methoxy groups -OCH3 is 1. The minimum Gasteiger partial charge on any atom is -0.458 e. The fraction of sp³-hybridized carbons (Fsp3) is 0.686. The van der Waals surface area contributed by atoms with Crippen LogP contribution in [0.5, 0.6) is 0 Å². The first-order valence-electron chi connectivity index (χ1n) is 16.5. The molecule has 2 aromatic rings. The summed E-state index contributed by atoms with van der Waals surface area (Å²) in [6, 6.07) is 5.80. The summed E-state index contributed by atoms with van der Waals surface area (Å²) in [6.07, 6.45) is 5.73. The SMILES string of the molecule is CCC1OC(=O)C(C)C(O)C(C)CC(C)(OC)CC(C)C(=O)C(C)C2C(SCCCn3ccc(-c4cccnc4)n3)C(=O)OC12C. The third-order valence-corrected chi connectivity index (χ3v) is 11.5. The average Bonchev–Trinajstić information content (AvgIpc) is 3.61. The Morgan fingerprint density at radius 1 is 1.09 bits per heavy atom. The maximum atomic E-state index is 14.1. The fourth-order valence-electron chi connectivity index (χ4n) is 7.50. The van der Waals surface area contributed by atoms with Gasteiger partial charge >= 0.3 is 11.9 Å². The molecule has 10 atom stereocenters. The largest absolute Gasteiger partial charge is 0.458 e. The molecular formula is C35H51N3O7S. The van der Waals surface area contributed by atoms with Crippen LogP contribution in [-0.4, -0.2) is 79.1 Å². The lowest BCUT2D eigenvalue weighted by atomic mass is 9.70. The second kappa shape index (κ2) is 15.0. The van der Waals surface area contributed by atoms with E-state index in [1.54, 1.807) is 33.4 Å². The quantitative estimate of drug-likeness (QED) is 0.292. The molecule has 0 aromatic carbocycles. The number of nitrogens with zero attached hydrogens (tertiary/aromatic N) is 3. The Labute approximate surface area is 277 Å². The van der Waals surface area contributed by atoms with E-state index in [0.717, 1.165) is 17.7 Å². The Hall–Kier alpha value is -2.76. The summed E-state index contributed by atoms with van der Waals surface area (Å²) in [7, 11) is 1.61. The van der Waals surface area contributed by atoms with Gasteiger partial charge in [0.05, 0.1) is 23.3 Å². The molecule has 4 rings (SSSR count). The molecule has 2 aliphatic rings. The molecule has 254 valence electrons. The molecule has 0 aliphatic carbocycles. The van der Waals surface area contributed by atoms with E-state index in [-0.39, 0.29) is 17.6 Å². The van der Waals surface area contributed by atoms with Gasteiger partial charge < -0.3 is 19.3 Å². The molecule has 4 heterocycles. The summed E-state index contributed by atoms with van der Waals surface area (Å²) >= 11 is 1.49. The van der Waals surface area contributed by atoms with E-state index in [0.29, 0.717) is 31.6 Å². The highest BCUT2D eigenvalue weighted by Gasteiger charge is 2.61. The molecule has 2 fully saturated rings. The second-order valence-corrected chi connectivity index (χ2v) is 15.0. The van der Waals surface area contributed by atoms with E-state index in [1.807, 2.05) is 63.7 Å². The Morgan fingerprint density at radius 2 is 1.83 bits per heavy atom. The van der Waals surface area contributed by atoms with Crippen molar-refractivity contribution in [3.05, 3.63) is 36.8 Å². The first-order valence-corrected chi connectivity index (χ1v) is 17.5. The first-order chi connectivity index (χ1) is 21.7. The molecule has 46 heavy (non-hydrogen) atoms. The van der Waals surface area contributed by atoms with Crippen molar-refractivity contribution in [2.24, 2.45) is 29.6 Å². The molecule has 0 spiro atoms. The van der Waals surface area contributed by atoms with Gasteiger partial charge in [-0.1, -0.05) is 27.7 Å². The summed E-state index contributed by atoms with van der Waals surface area (Å²) in [4.78, 5) is 45.4. The van der Waals surface area contributed by atoms with Crippen LogP contribution in [0.25, 0.3) is 11.3 Å². The lowest BCUT2D eigenvalue weighted by Gasteiger charge is -2.42. The summed E-state index contributed by atoms with van der Waals surface area (Å²) in [5.41, 5.74) is -0.129. The Bertz CT molecular complexity index is 1350. The van der Waals surface area contributed by atoms with Crippen LogP contribution in [0.2, 0.25) is 0 Å². The van der Waals surface area contributed by atoms with E-state index in [4.69, 9.17) is 14.2 Å². The predicted octanol–water partition coefficient (Wildman–Crippen LogP) is 5.36. The van der Waals surface area contributed by atoms with Crippen LogP contribution in [-0.2, 0) is 35.1 Å². The Morgan fingerprint density at radius 3 is 2.48 bits per heavy atom. The molecule has 2 aromatic heterocycles. The number of carbonyl (C=O) groups is 3. The third-order valence-electron chi connectivity index (χ3n) is 10.2. The van der Waals surface area contributed by atoms with Gasteiger partial charge in [-0.25, -0.2) is 0 Å². The smallest absolute Gasteiger partial charge is 0.320 e. The number of ketones is 1. The third kappa shape index (κ3) is 7.68. The van der Waals surface area contributed by atoms with E-state index < -0.39 is 58.4 Å². The van der Waals surface area contributed by atoms with Crippen molar-refractivity contribution in [3.63, 3.8) is 0 Å². The zero-order chi connectivity index (χ0) is 33.8. The number of carbonyl (C=O) groups excluding carboxylic acids is 3. The number of fused-ring (bicyclic) bond motifs is 1. The highest BCUT2D eigenvalue weighted by atomic mass is 32.2. The van der Waals surface area contributed by atoms with E-state index in [9.17, 15) is 19.5 Å². The Balaban J connectivity index is 1.57. The van der Waals surface area contributed by atoms with Crippen molar-refractivity contribution < 1.29 is 33.7 Å². The summed E-state index contributed by atoms with van der Waals surface area (Å²) < 4.78 is 20.0. The minimum atomic E-state index is -1.22. The number of esters is 2. The number of cyclic esters (lactones) is 1. The van der Waals surface area contributed by atoms with Gasteiger partial charge in [-0.05, 0) is 76.3 Å².